The van der Waals surface area contributed by atoms with Crippen LogP contribution in [-0.2, 0) is 11.2 Å². The number of carbonyl (C=O) groups is 1. The average Bonchev–Trinajstić information content (AvgIpc) is 2.96. The highest BCUT2D eigenvalue weighted by molar-refractivity contribution is 7.15. The minimum Gasteiger partial charge on any atom is -0.326 e. The van der Waals surface area contributed by atoms with Gasteiger partial charge in [-0.25, -0.2) is 9.37 Å². The molecule has 0 fully saturated rings. The minimum atomic E-state index is -0.295. The zero-order valence-electron chi connectivity index (χ0n) is 13.4. The Hall–Kier alpha value is -3.04. The van der Waals surface area contributed by atoms with E-state index >= 15 is 0 Å². The van der Waals surface area contributed by atoms with Crippen molar-refractivity contribution in [2.45, 2.75) is 13.3 Å². The van der Waals surface area contributed by atoms with Gasteiger partial charge in [0.25, 0.3) is 0 Å². The molecule has 4 nitrogen and oxygen atoms in total. The zero-order chi connectivity index (χ0) is 17.8. The molecule has 1 aromatic heterocycles. The summed E-state index contributed by atoms with van der Waals surface area (Å²) in [5, 5.41) is 12.4. The molecule has 2 aromatic carbocycles. The fourth-order valence-electron chi connectivity index (χ4n) is 2.33. The summed E-state index contributed by atoms with van der Waals surface area (Å²) in [7, 11) is 0. The van der Waals surface area contributed by atoms with E-state index in [0.717, 1.165) is 21.1 Å². The number of aromatic nitrogens is 1. The van der Waals surface area contributed by atoms with Gasteiger partial charge >= 0.3 is 0 Å². The van der Waals surface area contributed by atoms with E-state index in [1.54, 1.807) is 36.4 Å². The highest BCUT2D eigenvalue weighted by atomic mass is 32.1. The van der Waals surface area contributed by atoms with E-state index in [1.807, 2.05) is 13.0 Å². The van der Waals surface area contributed by atoms with Crippen LogP contribution in [0.25, 0.3) is 10.6 Å². The Labute approximate surface area is 148 Å². The first-order valence-electron chi connectivity index (χ1n) is 7.57. The summed E-state index contributed by atoms with van der Waals surface area (Å²) >= 11 is 1.42. The number of amides is 1. The molecule has 124 valence electrons. The van der Waals surface area contributed by atoms with Crippen LogP contribution in [0.3, 0.4) is 0 Å². The molecule has 0 bridgehead atoms. The number of hydrogen-bond donors (Lipinski definition) is 1. The fourth-order valence-corrected chi connectivity index (χ4v) is 3.39. The third kappa shape index (κ3) is 4.08. The van der Waals surface area contributed by atoms with Gasteiger partial charge in [-0.15, -0.1) is 11.3 Å². The van der Waals surface area contributed by atoms with Crippen molar-refractivity contribution in [2.75, 3.05) is 5.32 Å². The summed E-state index contributed by atoms with van der Waals surface area (Å²) < 4.78 is 13.0. The van der Waals surface area contributed by atoms with Crippen molar-refractivity contribution in [1.29, 1.82) is 5.26 Å². The van der Waals surface area contributed by atoms with Crippen LogP contribution < -0.4 is 5.32 Å². The molecular weight excluding hydrogens is 337 g/mol. The lowest BCUT2D eigenvalue weighted by molar-refractivity contribution is -0.115. The number of anilines is 1. The van der Waals surface area contributed by atoms with Crippen molar-refractivity contribution in [3.8, 4) is 16.6 Å². The number of thiazole rings is 1. The molecule has 1 amide bonds. The molecule has 3 rings (SSSR count). The van der Waals surface area contributed by atoms with Crippen LogP contribution in [0.4, 0.5) is 10.1 Å². The van der Waals surface area contributed by atoms with Crippen LogP contribution in [-0.4, -0.2) is 10.9 Å². The second-order valence-corrected chi connectivity index (χ2v) is 6.54. The van der Waals surface area contributed by atoms with E-state index < -0.39 is 0 Å². The Kier molecular flexibility index (Phi) is 4.87. The second kappa shape index (κ2) is 7.24. The highest BCUT2D eigenvalue weighted by Gasteiger charge is 2.13. The molecule has 0 unspecified atom stereocenters. The van der Waals surface area contributed by atoms with Gasteiger partial charge in [-0.05, 0) is 49.4 Å². The van der Waals surface area contributed by atoms with Gasteiger partial charge in [0.15, 0.2) is 0 Å². The first-order chi connectivity index (χ1) is 12.0. The summed E-state index contributed by atoms with van der Waals surface area (Å²) in [6.45, 7) is 1.85. The molecule has 0 aliphatic carbocycles. The highest BCUT2D eigenvalue weighted by Crippen LogP contribution is 2.28. The maximum atomic E-state index is 13.0. The number of rotatable bonds is 4. The van der Waals surface area contributed by atoms with E-state index in [1.165, 1.54) is 23.5 Å². The molecule has 25 heavy (non-hydrogen) atoms. The number of benzene rings is 2. The van der Waals surface area contributed by atoms with Crippen molar-refractivity contribution in [3.63, 3.8) is 0 Å². The first-order valence-corrected chi connectivity index (χ1v) is 8.39. The molecule has 1 heterocycles. The van der Waals surface area contributed by atoms with Crippen LogP contribution >= 0.6 is 11.3 Å². The van der Waals surface area contributed by atoms with E-state index in [2.05, 4.69) is 10.3 Å². The van der Waals surface area contributed by atoms with Crippen molar-refractivity contribution in [1.82, 2.24) is 4.98 Å². The number of hydrogen-bond acceptors (Lipinski definition) is 4. The largest absolute Gasteiger partial charge is 0.326 e. The summed E-state index contributed by atoms with van der Waals surface area (Å²) in [6.07, 6.45) is 0.196. The van der Waals surface area contributed by atoms with Crippen molar-refractivity contribution in [3.05, 3.63) is 70.5 Å². The number of nitrogens with one attached hydrogen (secondary N) is 1. The predicted molar refractivity (Wildman–Crippen MR) is 95.7 cm³/mol. The van der Waals surface area contributed by atoms with E-state index in [-0.39, 0.29) is 18.1 Å². The fraction of sp³-hybridized carbons (Fsp3) is 0.105. The summed E-state index contributed by atoms with van der Waals surface area (Å²) in [6, 6.07) is 14.9. The van der Waals surface area contributed by atoms with Crippen LogP contribution in [0.15, 0.2) is 48.5 Å². The van der Waals surface area contributed by atoms with Crippen LogP contribution in [0.1, 0.15) is 16.1 Å². The van der Waals surface area contributed by atoms with Crippen LogP contribution in [0, 0.1) is 24.1 Å². The van der Waals surface area contributed by atoms with Gasteiger partial charge in [-0.3, -0.25) is 4.79 Å². The van der Waals surface area contributed by atoms with Crippen molar-refractivity contribution in [2.24, 2.45) is 0 Å². The Morgan fingerprint density at radius 1 is 1.28 bits per heavy atom. The number of nitrogens with zero attached hydrogens (tertiary/aromatic N) is 2. The molecule has 0 aliphatic rings. The first kappa shape index (κ1) is 16.8. The average molecular weight is 351 g/mol. The monoisotopic (exact) mass is 351 g/mol. The van der Waals surface area contributed by atoms with Gasteiger partial charge in [0.05, 0.1) is 23.7 Å². The molecule has 0 saturated carbocycles. The van der Waals surface area contributed by atoms with Crippen LogP contribution in [0.2, 0.25) is 0 Å². The smallest absolute Gasteiger partial charge is 0.229 e. The van der Waals surface area contributed by atoms with Gasteiger partial charge in [0.1, 0.15) is 10.8 Å². The van der Waals surface area contributed by atoms with Gasteiger partial charge in [0.2, 0.25) is 5.91 Å². The molecule has 0 aliphatic heterocycles. The summed E-state index contributed by atoms with van der Waals surface area (Å²) in [4.78, 5) is 17.6. The van der Waals surface area contributed by atoms with Gasteiger partial charge < -0.3 is 5.32 Å². The molecular formula is C19H14FN3OS. The van der Waals surface area contributed by atoms with Crippen molar-refractivity contribution < 1.29 is 9.18 Å². The standard InChI is InChI=1S/C19H14FN3OS/c1-12-17(25-19(22-12)14-5-7-15(20)8-6-14)10-18(24)23-16-4-2-3-13(9-16)11-21/h2-9H,10H2,1H3,(H,23,24). The zero-order valence-corrected chi connectivity index (χ0v) is 14.2. The van der Waals surface area contributed by atoms with E-state index in [0.29, 0.717) is 11.3 Å². The topological polar surface area (TPSA) is 65.8 Å². The SMILES string of the molecule is Cc1nc(-c2ccc(F)cc2)sc1CC(=O)Nc1cccc(C#N)c1. The maximum Gasteiger partial charge on any atom is 0.229 e. The number of halogens is 1. The lowest BCUT2D eigenvalue weighted by atomic mass is 10.2. The van der Waals surface area contributed by atoms with Gasteiger partial charge in [-0.2, -0.15) is 5.26 Å². The quantitative estimate of drug-likeness (QED) is 0.762. The van der Waals surface area contributed by atoms with Gasteiger partial charge in [-0.1, -0.05) is 6.07 Å². The van der Waals surface area contributed by atoms with E-state index in [9.17, 15) is 9.18 Å². The number of carbonyl (C=O) groups excluding carboxylic acids is 1. The Bertz CT molecular complexity index is 958. The number of aryl methyl sites for hydroxylation is 1. The molecule has 0 spiro atoms. The molecule has 0 radical (unpaired) electrons. The second-order valence-electron chi connectivity index (χ2n) is 5.45. The minimum absolute atomic E-state index is 0.174. The van der Waals surface area contributed by atoms with Crippen LogP contribution in [0.5, 0.6) is 0 Å². The Balaban J connectivity index is 1.73. The Morgan fingerprint density at radius 2 is 2.04 bits per heavy atom. The molecule has 3 aromatic rings. The maximum absolute atomic E-state index is 13.0. The van der Waals surface area contributed by atoms with E-state index in [4.69, 9.17) is 5.26 Å². The lowest BCUT2D eigenvalue weighted by Gasteiger charge is -2.04. The normalized spacial score (nSPS) is 10.3. The molecule has 0 atom stereocenters. The Morgan fingerprint density at radius 3 is 2.76 bits per heavy atom. The summed E-state index contributed by atoms with van der Waals surface area (Å²) in [5.74, 6) is -0.469. The number of nitriles is 1. The third-order valence-corrected chi connectivity index (χ3v) is 4.79. The summed E-state index contributed by atoms with van der Waals surface area (Å²) in [5.41, 5.74) is 2.68. The molecule has 6 heteroatoms. The predicted octanol–water partition coefficient (Wildman–Crippen LogP) is 4.31. The molecule has 1 N–H and O–H groups in total. The third-order valence-electron chi connectivity index (χ3n) is 3.58. The van der Waals surface area contributed by atoms with Gasteiger partial charge in [0, 0.05) is 16.1 Å². The van der Waals surface area contributed by atoms with Crippen molar-refractivity contribution >= 4 is 22.9 Å². The lowest BCUT2D eigenvalue weighted by Crippen LogP contribution is -2.14. The molecule has 0 saturated heterocycles.